The summed E-state index contributed by atoms with van der Waals surface area (Å²) in [6, 6.07) is 0. The first-order valence-electron chi connectivity index (χ1n) is 14.0. The fourth-order valence-corrected chi connectivity index (χ4v) is 4.36. The summed E-state index contributed by atoms with van der Waals surface area (Å²) in [5.41, 5.74) is 0. The van der Waals surface area contributed by atoms with E-state index in [0.29, 0.717) is 12.8 Å². The van der Waals surface area contributed by atoms with E-state index in [-0.39, 0.29) is 5.97 Å². The van der Waals surface area contributed by atoms with Gasteiger partial charge in [-0.15, -0.1) is 0 Å². The molecular formula is C28H54O4. The standard InChI is InChI=1S/C28H54O4/c1-32-28(31)26-24-22-20-18-16-14-12-10-8-6-4-2-3-5-7-9-11-13-15-17-19-21-23-25-27(29)30/h2-26H2,1H3,(H,29,30). The van der Waals surface area contributed by atoms with Crippen LogP contribution in [0.4, 0.5) is 0 Å². The van der Waals surface area contributed by atoms with Gasteiger partial charge >= 0.3 is 11.9 Å². The van der Waals surface area contributed by atoms with Crippen LogP contribution in [0.3, 0.4) is 0 Å². The van der Waals surface area contributed by atoms with Crippen LogP contribution in [0.5, 0.6) is 0 Å². The fraction of sp³-hybridized carbons (Fsp3) is 0.929. The molecular weight excluding hydrogens is 400 g/mol. The Morgan fingerprint density at radius 3 is 0.875 bits per heavy atom. The molecule has 0 rings (SSSR count). The number of carbonyl (C=O) groups is 2. The molecule has 0 fully saturated rings. The van der Waals surface area contributed by atoms with Gasteiger partial charge in [0.2, 0.25) is 0 Å². The average molecular weight is 455 g/mol. The third-order valence-corrected chi connectivity index (χ3v) is 6.50. The lowest BCUT2D eigenvalue weighted by molar-refractivity contribution is -0.141. The second-order valence-corrected chi connectivity index (χ2v) is 9.60. The molecule has 0 amide bonds. The number of carbonyl (C=O) groups excluding carboxylic acids is 1. The lowest BCUT2D eigenvalue weighted by Crippen LogP contribution is -1.99. The molecule has 0 saturated carbocycles. The molecule has 1 N–H and O–H groups in total. The van der Waals surface area contributed by atoms with Gasteiger partial charge in [0.15, 0.2) is 0 Å². The van der Waals surface area contributed by atoms with Crippen molar-refractivity contribution in [1.29, 1.82) is 0 Å². The molecule has 0 bridgehead atoms. The molecule has 4 nitrogen and oxygen atoms in total. The Morgan fingerprint density at radius 2 is 0.656 bits per heavy atom. The first-order chi connectivity index (χ1) is 15.7. The van der Waals surface area contributed by atoms with Crippen molar-refractivity contribution in [3.63, 3.8) is 0 Å². The first-order valence-corrected chi connectivity index (χ1v) is 14.0. The van der Waals surface area contributed by atoms with Gasteiger partial charge in [-0.2, -0.15) is 0 Å². The van der Waals surface area contributed by atoms with Crippen molar-refractivity contribution in [2.75, 3.05) is 7.11 Å². The summed E-state index contributed by atoms with van der Waals surface area (Å²) in [6.07, 6.45) is 30.9. The van der Waals surface area contributed by atoms with E-state index >= 15 is 0 Å². The molecule has 0 aromatic carbocycles. The molecule has 0 aliphatic heterocycles. The van der Waals surface area contributed by atoms with Crippen molar-refractivity contribution >= 4 is 11.9 Å². The normalized spacial score (nSPS) is 11.0. The van der Waals surface area contributed by atoms with Crippen LogP contribution in [0.15, 0.2) is 0 Å². The van der Waals surface area contributed by atoms with Crippen molar-refractivity contribution in [3.05, 3.63) is 0 Å². The van der Waals surface area contributed by atoms with Gasteiger partial charge < -0.3 is 9.84 Å². The fourth-order valence-electron chi connectivity index (χ4n) is 4.36. The molecule has 0 heterocycles. The molecule has 0 saturated heterocycles. The Labute approximate surface area is 199 Å². The van der Waals surface area contributed by atoms with Crippen LogP contribution in [0.25, 0.3) is 0 Å². The van der Waals surface area contributed by atoms with Crippen molar-refractivity contribution in [2.24, 2.45) is 0 Å². The third kappa shape index (κ3) is 27.0. The minimum absolute atomic E-state index is 0.0732. The molecule has 0 aromatic heterocycles. The Kier molecular flexibility index (Phi) is 25.3. The predicted octanol–water partition coefficient (Wildman–Crippen LogP) is 9.00. The monoisotopic (exact) mass is 454 g/mol. The number of methoxy groups -OCH3 is 1. The van der Waals surface area contributed by atoms with Crippen molar-refractivity contribution in [2.45, 2.75) is 161 Å². The summed E-state index contributed by atoms with van der Waals surface area (Å²) in [5.74, 6) is -0.732. The molecule has 4 heteroatoms. The first kappa shape index (κ1) is 30.9. The molecule has 0 aromatic rings. The van der Waals surface area contributed by atoms with E-state index < -0.39 is 5.97 Å². The highest BCUT2D eigenvalue weighted by Crippen LogP contribution is 2.15. The van der Waals surface area contributed by atoms with E-state index in [2.05, 4.69) is 4.74 Å². The summed E-state index contributed by atoms with van der Waals surface area (Å²) in [6.45, 7) is 0. The zero-order valence-electron chi connectivity index (χ0n) is 21.3. The van der Waals surface area contributed by atoms with Gasteiger partial charge in [-0.25, -0.2) is 0 Å². The van der Waals surface area contributed by atoms with Crippen molar-refractivity contribution in [3.8, 4) is 0 Å². The molecule has 0 aliphatic carbocycles. The molecule has 0 atom stereocenters. The Hall–Kier alpha value is -1.06. The number of hydrogen-bond acceptors (Lipinski definition) is 3. The highest BCUT2D eigenvalue weighted by Gasteiger charge is 2.00. The summed E-state index contributed by atoms with van der Waals surface area (Å²) < 4.78 is 4.66. The van der Waals surface area contributed by atoms with Gasteiger partial charge in [-0.05, 0) is 12.8 Å². The third-order valence-electron chi connectivity index (χ3n) is 6.50. The van der Waals surface area contributed by atoms with E-state index in [1.165, 1.54) is 129 Å². The van der Waals surface area contributed by atoms with Gasteiger partial charge in [-0.3, -0.25) is 9.59 Å². The molecule has 0 radical (unpaired) electrons. The van der Waals surface area contributed by atoms with Crippen molar-refractivity contribution < 1.29 is 19.4 Å². The number of carboxylic acid groups (broad SMARTS) is 1. The molecule has 0 aliphatic rings. The maximum atomic E-state index is 11.0. The zero-order chi connectivity index (χ0) is 23.5. The number of hydrogen-bond donors (Lipinski definition) is 1. The van der Waals surface area contributed by atoms with Crippen LogP contribution in [0, 0.1) is 0 Å². The van der Waals surface area contributed by atoms with Gasteiger partial charge in [0.05, 0.1) is 7.11 Å². The maximum Gasteiger partial charge on any atom is 0.305 e. The van der Waals surface area contributed by atoms with Crippen LogP contribution in [0.2, 0.25) is 0 Å². The number of carboxylic acids is 1. The van der Waals surface area contributed by atoms with Crippen LogP contribution in [0.1, 0.15) is 161 Å². The number of ether oxygens (including phenoxy) is 1. The summed E-state index contributed by atoms with van der Waals surface area (Å²) in [7, 11) is 1.46. The quantitative estimate of drug-likeness (QED) is 0.105. The van der Waals surface area contributed by atoms with Gasteiger partial charge in [0.1, 0.15) is 0 Å². The molecule has 0 unspecified atom stereocenters. The number of rotatable bonds is 26. The number of esters is 1. The number of aliphatic carboxylic acids is 1. The van der Waals surface area contributed by atoms with E-state index in [1.54, 1.807) is 0 Å². The van der Waals surface area contributed by atoms with Crippen LogP contribution >= 0.6 is 0 Å². The summed E-state index contributed by atoms with van der Waals surface area (Å²) in [5, 5.41) is 8.60. The van der Waals surface area contributed by atoms with Crippen LogP contribution in [-0.4, -0.2) is 24.2 Å². The second kappa shape index (κ2) is 26.2. The minimum Gasteiger partial charge on any atom is -0.481 e. The van der Waals surface area contributed by atoms with E-state index in [4.69, 9.17) is 5.11 Å². The minimum atomic E-state index is -0.658. The summed E-state index contributed by atoms with van der Waals surface area (Å²) >= 11 is 0. The highest BCUT2D eigenvalue weighted by molar-refractivity contribution is 5.69. The number of unbranched alkanes of at least 4 members (excludes halogenated alkanes) is 22. The molecule has 32 heavy (non-hydrogen) atoms. The topological polar surface area (TPSA) is 63.6 Å². The smallest absolute Gasteiger partial charge is 0.305 e. The van der Waals surface area contributed by atoms with Gasteiger partial charge in [0, 0.05) is 12.8 Å². The molecule has 0 spiro atoms. The zero-order valence-corrected chi connectivity index (χ0v) is 21.3. The van der Waals surface area contributed by atoms with E-state index in [1.807, 2.05) is 0 Å². The molecule has 190 valence electrons. The second-order valence-electron chi connectivity index (χ2n) is 9.60. The Morgan fingerprint density at radius 1 is 0.438 bits per heavy atom. The maximum absolute atomic E-state index is 11.0. The predicted molar refractivity (Wildman–Crippen MR) is 135 cm³/mol. The Bertz CT molecular complexity index is 408. The van der Waals surface area contributed by atoms with E-state index in [0.717, 1.165) is 25.7 Å². The van der Waals surface area contributed by atoms with Crippen LogP contribution < -0.4 is 0 Å². The summed E-state index contributed by atoms with van der Waals surface area (Å²) in [4.78, 5) is 21.4. The SMILES string of the molecule is COC(=O)CCCCCCCCCCCCCCCCCCCCCCCCCC(=O)O. The Balaban J connectivity index is 3.04. The van der Waals surface area contributed by atoms with Crippen LogP contribution in [-0.2, 0) is 14.3 Å². The van der Waals surface area contributed by atoms with Gasteiger partial charge in [0.25, 0.3) is 0 Å². The largest absolute Gasteiger partial charge is 0.481 e. The van der Waals surface area contributed by atoms with Gasteiger partial charge in [-0.1, -0.05) is 135 Å². The van der Waals surface area contributed by atoms with Crippen molar-refractivity contribution in [1.82, 2.24) is 0 Å². The van der Waals surface area contributed by atoms with E-state index in [9.17, 15) is 9.59 Å². The average Bonchev–Trinajstić information content (AvgIpc) is 2.78. The lowest BCUT2D eigenvalue weighted by Gasteiger charge is -2.04. The lowest BCUT2D eigenvalue weighted by atomic mass is 10.0. The highest BCUT2D eigenvalue weighted by atomic mass is 16.5.